The molecule has 1 aliphatic heterocycles. The van der Waals surface area contributed by atoms with E-state index in [0.29, 0.717) is 28.7 Å². The van der Waals surface area contributed by atoms with Gasteiger partial charge in [-0.3, -0.25) is 4.79 Å². The Labute approximate surface area is 116 Å². The second kappa shape index (κ2) is 5.60. The lowest BCUT2D eigenvalue weighted by molar-refractivity contribution is 0.0699. The SMILES string of the molecule is N#CC1CCCN(C(=O)c2ccc(Cl)cc2Cl)C1. The first kappa shape index (κ1) is 13.2. The van der Waals surface area contributed by atoms with Gasteiger partial charge in [0.05, 0.1) is 22.6 Å². The normalized spacial score (nSPS) is 19.4. The predicted molar refractivity (Wildman–Crippen MR) is 70.7 cm³/mol. The molecule has 18 heavy (non-hydrogen) atoms. The monoisotopic (exact) mass is 282 g/mol. The van der Waals surface area contributed by atoms with Crippen LogP contribution in [0.5, 0.6) is 0 Å². The van der Waals surface area contributed by atoms with Crippen LogP contribution < -0.4 is 0 Å². The van der Waals surface area contributed by atoms with Gasteiger partial charge in [-0.05, 0) is 31.0 Å². The smallest absolute Gasteiger partial charge is 0.255 e. The predicted octanol–water partition coefficient (Wildman–Crippen LogP) is 3.37. The molecule has 1 heterocycles. The Morgan fingerprint density at radius 2 is 2.22 bits per heavy atom. The van der Waals surface area contributed by atoms with Crippen LogP contribution in [0.2, 0.25) is 10.0 Å². The first-order valence-corrected chi connectivity index (χ1v) is 6.51. The van der Waals surface area contributed by atoms with Gasteiger partial charge in [-0.15, -0.1) is 0 Å². The molecule has 1 saturated heterocycles. The first-order valence-electron chi connectivity index (χ1n) is 5.75. The number of carbonyl (C=O) groups excluding carboxylic acids is 1. The van der Waals surface area contributed by atoms with Crippen LogP contribution in [0.15, 0.2) is 18.2 Å². The lowest BCUT2D eigenvalue weighted by Crippen LogP contribution is -2.39. The van der Waals surface area contributed by atoms with Gasteiger partial charge >= 0.3 is 0 Å². The van der Waals surface area contributed by atoms with Gasteiger partial charge in [-0.25, -0.2) is 0 Å². The Balaban J connectivity index is 2.18. The maximum Gasteiger partial charge on any atom is 0.255 e. The van der Waals surface area contributed by atoms with Gasteiger partial charge in [0.1, 0.15) is 0 Å². The zero-order chi connectivity index (χ0) is 13.1. The molecule has 1 fully saturated rings. The number of rotatable bonds is 1. The molecule has 0 saturated carbocycles. The van der Waals surface area contributed by atoms with Crippen molar-refractivity contribution < 1.29 is 4.79 Å². The minimum absolute atomic E-state index is 0.0752. The molecule has 5 heteroatoms. The first-order chi connectivity index (χ1) is 8.61. The molecule has 0 N–H and O–H groups in total. The highest BCUT2D eigenvalue weighted by Gasteiger charge is 2.25. The highest BCUT2D eigenvalue weighted by molar-refractivity contribution is 6.36. The molecule has 0 bridgehead atoms. The molecule has 94 valence electrons. The van der Waals surface area contributed by atoms with E-state index in [1.807, 2.05) is 0 Å². The fourth-order valence-corrected chi connectivity index (χ4v) is 2.59. The van der Waals surface area contributed by atoms with Gasteiger partial charge in [-0.1, -0.05) is 23.2 Å². The highest BCUT2D eigenvalue weighted by Crippen LogP contribution is 2.24. The molecule has 1 aromatic rings. The van der Waals surface area contributed by atoms with E-state index in [9.17, 15) is 4.79 Å². The topological polar surface area (TPSA) is 44.1 Å². The van der Waals surface area contributed by atoms with Gasteiger partial charge in [-0.2, -0.15) is 5.26 Å². The number of piperidine rings is 1. The molecule has 2 rings (SSSR count). The lowest BCUT2D eigenvalue weighted by Gasteiger charge is -2.29. The number of hydrogen-bond acceptors (Lipinski definition) is 2. The zero-order valence-corrected chi connectivity index (χ0v) is 11.2. The molecule has 1 aromatic carbocycles. The van der Waals surface area contributed by atoms with Crippen molar-refractivity contribution in [1.82, 2.24) is 4.90 Å². The van der Waals surface area contributed by atoms with Crippen molar-refractivity contribution in [3.8, 4) is 6.07 Å². The quantitative estimate of drug-likeness (QED) is 0.793. The van der Waals surface area contributed by atoms with E-state index >= 15 is 0 Å². The number of hydrogen-bond donors (Lipinski definition) is 0. The second-order valence-electron chi connectivity index (χ2n) is 4.34. The highest BCUT2D eigenvalue weighted by atomic mass is 35.5. The second-order valence-corrected chi connectivity index (χ2v) is 5.19. The fraction of sp³-hybridized carbons (Fsp3) is 0.385. The van der Waals surface area contributed by atoms with Crippen LogP contribution >= 0.6 is 23.2 Å². The summed E-state index contributed by atoms with van der Waals surface area (Å²) in [5, 5.41) is 9.78. The van der Waals surface area contributed by atoms with Crippen molar-refractivity contribution in [3.63, 3.8) is 0 Å². The zero-order valence-electron chi connectivity index (χ0n) is 9.70. The Kier molecular flexibility index (Phi) is 4.11. The Morgan fingerprint density at radius 3 is 2.89 bits per heavy atom. The van der Waals surface area contributed by atoms with E-state index in [1.165, 1.54) is 0 Å². The van der Waals surface area contributed by atoms with Crippen LogP contribution in [-0.2, 0) is 0 Å². The third-order valence-electron chi connectivity index (χ3n) is 3.05. The van der Waals surface area contributed by atoms with Crippen molar-refractivity contribution >= 4 is 29.1 Å². The number of nitrogens with zero attached hydrogens (tertiary/aromatic N) is 2. The molecule has 0 spiro atoms. The summed E-state index contributed by atoms with van der Waals surface area (Å²) in [7, 11) is 0. The van der Waals surface area contributed by atoms with E-state index in [1.54, 1.807) is 23.1 Å². The largest absolute Gasteiger partial charge is 0.337 e. The summed E-state index contributed by atoms with van der Waals surface area (Å²) < 4.78 is 0. The summed E-state index contributed by atoms with van der Waals surface area (Å²) in [6, 6.07) is 7.05. The summed E-state index contributed by atoms with van der Waals surface area (Å²) >= 11 is 11.8. The van der Waals surface area contributed by atoms with Crippen molar-refractivity contribution in [2.45, 2.75) is 12.8 Å². The Morgan fingerprint density at radius 1 is 1.44 bits per heavy atom. The minimum Gasteiger partial charge on any atom is -0.337 e. The van der Waals surface area contributed by atoms with Gasteiger partial charge in [0.25, 0.3) is 5.91 Å². The number of amides is 1. The maximum absolute atomic E-state index is 12.3. The van der Waals surface area contributed by atoms with Crippen LogP contribution in [0.1, 0.15) is 23.2 Å². The standard InChI is InChI=1S/C13H12Cl2N2O/c14-10-3-4-11(12(15)6-10)13(18)17-5-1-2-9(7-16)8-17/h3-4,6,9H,1-2,5,8H2. The number of benzene rings is 1. The molecule has 1 atom stereocenters. The van der Waals surface area contributed by atoms with E-state index in [2.05, 4.69) is 6.07 Å². The molecule has 0 radical (unpaired) electrons. The van der Waals surface area contributed by atoms with E-state index in [0.717, 1.165) is 12.8 Å². The number of nitriles is 1. The van der Waals surface area contributed by atoms with E-state index in [-0.39, 0.29) is 11.8 Å². The van der Waals surface area contributed by atoms with Gasteiger partial charge in [0.15, 0.2) is 0 Å². The average Bonchev–Trinajstić information content (AvgIpc) is 2.38. The van der Waals surface area contributed by atoms with Crippen LogP contribution in [-0.4, -0.2) is 23.9 Å². The van der Waals surface area contributed by atoms with E-state index < -0.39 is 0 Å². The van der Waals surface area contributed by atoms with Crippen LogP contribution in [0, 0.1) is 17.2 Å². The van der Waals surface area contributed by atoms with Crippen LogP contribution in [0.3, 0.4) is 0 Å². The summed E-state index contributed by atoms with van der Waals surface area (Å²) in [5.41, 5.74) is 0.444. The minimum atomic E-state index is -0.128. The lowest BCUT2D eigenvalue weighted by atomic mass is 9.99. The van der Waals surface area contributed by atoms with E-state index in [4.69, 9.17) is 28.5 Å². The molecular weight excluding hydrogens is 271 g/mol. The molecule has 3 nitrogen and oxygen atoms in total. The summed E-state index contributed by atoms with van der Waals surface area (Å²) in [6.07, 6.45) is 1.71. The molecule has 1 unspecified atom stereocenters. The fourth-order valence-electron chi connectivity index (χ4n) is 2.10. The van der Waals surface area contributed by atoms with Crippen molar-refractivity contribution in [2.24, 2.45) is 5.92 Å². The molecule has 0 aromatic heterocycles. The van der Waals surface area contributed by atoms with Gasteiger partial charge < -0.3 is 4.90 Å². The maximum atomic E-state index is 12.3. The molecule has 1 aliphatic rings. The summed E-state index contributed by atoms with van der Waals surface area (Å²) in [6.45, 7) is 1.16. The van der Waals surface area contributed by atoms with Crippen LogP contribution in [0.4, 0.5) is 0 Å². The molecule has 1 amide bonds. The van der Waals surface area contributed by atoms with Crippen molar-refractivity contribution in [2.75, 3.05) is 13.1 Å². The number of carbonyl (C=O) groups is 1. The third-order valence-corrected chi connectivity index (χ3v) is 3.60. The van der Waals surface area contributed by atoms with Crippen LogP contribution in [0.25, 0.3) is 0 Å². The molecule has 0 aliphatic carbocycles. The van der Waals surface area contributed by atoms with Crippen molar-refractivity contribution in [1.29, 1.82) is 5.26 Å². The van der Waals surface area contributed by atoms with Gasteiger partial charge in [0.2, 0.25) is 0 Å². The number of halogens is 2. The Hall–Kier alpha value is -1.24. The average molecular weight is 283 g/mol. The van der Waals surface area contributed by atoms with Gasteiger partial charge in [0, 0.05) is 18.1 Å². The van der Waals surface area contributed by atoms with Crippen molar-refractivity contribution in [3.05, 3.63) is 33.8 Å². The summed E-state index contributed by atoms with van der Waals surface area (Å²) in [5.74, 6) is -0.203. The third kappa shape index (κ3) is 2.77. The molecular formula is C13H12Cl2N2O. The Bertz CT molecular complexity index is 510. The summed E-state index contributed by atoms with van der Waals surface area (Å²) in [4.78, 5) is 14.0. The number of likely N-dealkylation sites (tertiary alicyclic amines) is 1.